The summed E-state index contributed by atoms with van der Waals surface area (Å²) in [6, 6.07) is 11.3. The number of likely N-dealkylation sites (tertiary alicyclic amines) is 1. The molecule has 1 fully saturated rings. The first-order valence-electron chi connectivity index (χ1n) is 10.5. The summed E-state index contributed by atoms with van der Waals surface area (Å²) >= 11 is 6.24. The van der Waals surface area contributed by atoms with Crippen molar-refractivity contribution in [1.29, 1.82) is 0 Å². The number of anilines is 2. The van der Waals surface area contributed by atoms with Crippen LogP contribution in [0.15, 0.2) is 36.4 Å². The molecule has 2 aliphatic rings. The van der Waals surface area contributed by atoms with E-state index in [1.165, 1.54) is 10.5 Å². The van der Waals surface area contributed by atoms with Crippen LogP contribution in [0.1, 0.15) is 35.7 Å². The molecule has 3 N–H and O–H groups in total. The number of carbonyl (C=O) groups is 2. The van der Waals surface area contributed by atoms with Gasteiger partial charge < -0.3 is 20.7 Å². The first kappa shape index (κ1) is 21.5. The van der Waals surface area contributed by atoms with E-state index in [-0.39, 0.29) is 17.9 Å². The van der Waals surface area contributed by atoms with Crippen molar-refractivity contribution in [3.63, 3.8) is 0 Å². The summed E-state index contributed by atoms with van der Waals surface area (Å²) < 4.78 is 5.77. The largest absolute Gasteiger partial charge is 0.478 e. The van der Waals surface area contributed by atoms with Crippen LogP contribution in [-0.4, -0.2) is 49.0 Å². The number of ether oxygens (including phenoxy) is 1. The molecule has 2 aromatic carbocycles. The lowest BCUT2D eigenvalue weighted by Crippen LogP contribution is -2.45. The average molecular weight is 443 g/mol. The molecular weight excluding hydrogens is 416 g/mol. The predicted molar refractivity (Wildman–Crippen MR) is 122 cm³/mol. The molecule has 0 aromatic heterocycles. The second kappa shape index (κ2) is 8.77. The van der Waals surface area contributed by atoms with E-state index in [2.05, 4.69) is 10.2 Å². The lowest BCUT2D eigenvalue weighted by molar-refractivity contribution is -0.125. The van der Waals surface area contributed by atoms with Gasteiger partial charge in [-0.05, 0) is 49.6 Å². The number of rotatable bonds is 4. The Kier molecular flexibility index (Phi) is 6.07. The zero-order chi connectivity index (χ0) is 22.1. The summed E-state index contributed by atoms with van der Waals surface area (Å²) in [4.78, 5) is 29.1. The maximum atomic E-state index is 13.1. The zero-order valence-electron chi connectivity index (χ0n) is 17.7. The normalized spacial score (nSPS) is 19.6. The van der Waals surface area contributed by atoms with E-state index < -0.39 is 6.10 Å². The molecule has 1 saturated heterocycles. The molecule has 2 heterocycles. The Morgan fingerprint density at radius 1 is 1.23 bits per heavy atom. The quantitative estimate of drug-likeness (QED) is 0.710. The molecule has 164 valence electrons. The number of fused-ring (bicyclic) bond motifs is 1. The van der Waals surface area contributed by atoms with E-state index in [0.717, 1.165) is 38.2 Å². The van der Waals surface area contributed by atoms with Crippen LogP contribution in [0.3, 0.4) is 0 Å². The SMILES string of the molecule is CC1Oc2c(C(=O)NC3CCN(Cc4ccc(N)cc4)CC3)cc(Cl)cc2N(C)C1=O. The van der Waals surface area contributed by atoms with Crippen molar-refractivity contribution in [3.8, 4) is 5.75 Å². The Labute approximate surface area is 187 Å². The first-order valence-corrected chi connectivity index (χ1v) is 10.8. The van der Waals surface area contributed by atoms with E-state index in [9.17, 15) is 9.59 Å². The van der Waals surface area contributed by atoms with E-state index in [4.69, 9.17) is 22.1 Å². The van der Waals surface area contributed by atoms with Gasteiger partial charge >= 0.3 is 0 Å². The van der Waals surface area contributed by atoms with Gasteiger partial charge in [0.15, 0.2) is 11.9 Å². The fraction of sp³-hybridized carbons (Fsp3) is 0.391. The van der Waals surface area contributed by atoms with Gasteiger partial charge in [-0.15, -0.1) is 0 Å². The summed E-state index contributed by atoms with van der Waals surface area (Å²) in [6.45, 7) is 4.34. The molecule has 2 aliphatic heterocycles. The second-order valence-corrected chi connectivity index (χ2v) is 8.66. The summed E-state index contributed by atoms with van der Waals surface area (Å²) in [7, 11) is 1.66. The number of hydrogen-bond donors (Lipinski definition) is 2. The van der Waals surface area contributed by atoms with Gasteiger partial charge in [-0.1, -0.05) is 23.7 Å². The third kappa shape index (κ3) is 4.62. The molecule has 8 heteroatoms. The molecule has 1 unspecified atom stereocenters. The van der Waals surface area contributed by atoms with Gasteiger partial charge in [0, 0.05) is 43.4 Å². The third-order valence-corrected chi connectivity index (χ3v) is 6.14. The zero-order valence-corrected chi connectivity index (χ0v) is 18.5. The highest BCUT2D eigenvalue weighted by atomic mass is 35.5. The Bertz CT molecular complexity index is 987. The van der Waals surface area contributed by atoms with Crippen LogP contribution >= 0.6 is 11.6 Å². The number of halogens is 1. The summed E-state index contributed by atoms with van der Waals surface area (Å²) in [5.41, 5.74) is 8.62. The molecule has 0 spiro atoms. The van der Waals surface area contributed by atoms with Gasteiger partial charge in [-0.25, -0.2) is 0 Å². The van der Waals surface area contributed by atoms with Gasteiger partial charge in [0.2, 0.25) is 0 Å². The van der Waals surface area contributed by atoms with Gasteiger partial charge in [-0.2, -0.15) is 0 Å². The van der Waals surface area contributed by atoms with Crippen molar-refractivity contribution in [2.75, 3.05) is 30.8 Å². The number of nitrogens with one attached hydrogen (secondary N) is 1. The lowest BCUT2D eigenvalue weighted by atomic mass is 10.0. The monoisotopic (exact) mass is 442 g/mol. The van der Waals surface area contributed by atoms with Gasteiger partial charge in [0.05, 0.1) is 11.3 Å². The Hall–Kier alpha value is -2.77. The van der Waals surface area contributed by atoms with E-state index >= 15 is 0 Å². The van der Waals surface area contributed by atoms with Crippen molar-refractivity contribution in [1.82, 2.24) is 10.2 Å². The molecule has 1 atom stereocenters. The molecule has 2 amide bonds. The van der Waals surface area contributed by atoms with Crippen molar-refractivity contribution in [2.24, 2.45) is 0 Å². The molecule has 0 aliphatic carbocycles. The van der Waals surface area contributed by atoms with Crippen molar-refractivity contribution in [3.05, 3.63) is 52.5 Å². The number of nitrogens with zero attached hydrogens (tertiary/aromatic N) is 2. The van der Waals surface area contributed by atoms with Crippen molar-refractivity contribution >= 4 is 34.8 Å². The number of amides is 2. The Morgan fingerprint density at radius 2 is 1.90 bits per heavy atom. The number of likely N-dealkylation sites (N-methyl/N-ethyl adjacent to an activating group) is 1. The van der Waals surface area contributed by atoms with Gasteiger partial charge in [0.25, 0.3) is 11.8 Å². The van der Waals surface area contributed by atoms with Crippen LogP contribution in [0.25, 0.3) is 0 Å². The maximum Gasteiger partial charge on any atom is 0.267 e. The van der Waals surface area contributed by atoms with E-state index in [1.54, 1.807) is 26.1 Å². The van der Waals surface area contributed by atoms with Crippen LogP contribution in [0, 0.1) is 0 Å². The summed E-state index contributed by atoms with van der Waals surface area (Å²) in [5, 5.41) is 3.51. The molecule has 31 heavy (non-hydrogen) atoms. The second-order valence-electron chi connectivity index (χ2n) is 8.22. The minimum atomic E-state index is -0.651. The van der Waals surface area contributed by atoms with Crippen LogP contribution < -0.4 is 20.7 Å². The summed E-state index contributed by atoms with van der Waals surface area (Å²) in [6.07, 6.45) is 1.07. The molecule has 4 rings (SSSR count). The van der Waals surface area contributed by atoms with Crippen LogP contribution in [0.5, 0.6) is 5.75 Å². The van der Waals surface area contributed by atoms with Gasteiger partial charge in [0.1, 0.15) is 0 Å². The minimum absolute atomic E-state index is 0.0742. The third-order valence-electron chi connectivity index (χ3n) is 5.92. The lowest BCUT2D eigenvalue weighted by Gasteiger charge is -2.33. The highest BCUT2D eigenvalue weighted by molar-refractivity contribution is 6.31. The van der Waals surface area contributed by atoms with E-state index in [0.29, 0.717) is 22.0 Å². The fourth-order valence-electron chi connectivity index (χ4n) is 4.12. The first-order chi connectivity index (χ1) is 14.8. The molecule has 0 bridgehead atoms. The fourth-order valence-corrected chi connectivity index (χ4v) is 4.33. The number of benzene rings is 2. The van der Waals surface area contributed by atoms with Crippen LogP contribution in [0.2, 0.25) is 5.02 Å². The van der Waals surface area contributed by atoms with Crippen molar-refractivity contribution in [2.45, 2.75) is 38.5 Å². The molecule has 7 nitrogen and oxygen atoms in total. The Balaban J connectivity index is 1.40. The predicted octanol–water partition coefficient (Wildman–Crippen LogP) is 3.06. The van der Waals surface area contributed by atoms with Crippen molar-refractivity contribution < 1.29 is 14.3 Å². The smallest absolute Gasteiger partial charge is 0.267 e. The maximum absolute atomic E-state index is 13.1. The number of nitrogen functional groups attached to an aromatic ring is 1. The van der Waals surface area contributed by atoms with E-state index in [1.807, 2.05) is 24.3 Å². The minimum Gasteiger partial charge on any atom is -0.478 e. The number of hydrogen-bond acceptors (Lipinski definition) is 5. The standard InChI is InChI=1S/C23H27ClN4O3/c1-14-23(30)27(2)20-12-16(24)11-19(21(20)31-14)22(29)26-18-7-9-28(10-8-18)13-15-3-5-17(25)6-4-15/h3-6,11-12,14,18H,7-10,13,25H2,1-2H3,(H,26,29). The summed E-state index contributed by atoms with van der Waals surface area (Å²) in [5.74, 6) is -0.00225. The van der Waals surface area contributed by atoms with Gasteiger partial charge in [-0.3, -0.25) is 14.5 Å². The molecule has 2 aromatic rings. The Morgan fingerprint density at radius 3 is 2.58 bits per heavy atom. The number of piperidine rings is 1. The average Bonchev–Trinajstić information content (AvgIpc) is 2.75. The number of carbonyl (C=O) groups excluding carboxylic acids is 2. The highest BCUT2D eigenvalue weighted by Crippen LogP contribution is 2.39. The molecular formula is C23H27ClN4O3. The van der Waals surface area contributed by atoms with Crippen LogP contribution in [-0.2, 0) is 11.3 Å². The highest BCUT2D eigenvalue weighted by Gasteiger charge is 2.33. The van der Waals surface area contributed by atoms with Crippen LogP contribution in [0.4, 0.5) is 11.4 Å². The molecule has 0 saturated carbocycles. The number of nitrogens with two attached hydrogens (primary N) is 1. The molecule has 0 radical (unpaired) electrons. The topological polar surface area (TPSA) is 87.9 Å².